The molecule has 0 spiro atoms. The van der Waals surface area contributed by atoms with Crippen LogP contribution in [-0.2, 0) is 0 Å². The minimum absolute atomic E-state index is 0.0874. The highest BCUT2D eigenvalue weighted by Crippen LogP contribution is 2.27. The van der Waals surface area contributed by atoms with E-state index in [-0.39, 0.29) is 11.7 Å². The van der Waals surface area contributed by atoms with Gasteiger partial charge in [0.2, 0.25) is 5.65 Å². The first-order valence-corrected chi connectivity index (χ1v) is 9.56. The van der Waals surface area contributed by atoms with Crippen molar-refractivity contribution in [3.8, 4) is 0 Å². The van der Waals surface area contributed by atoms with E-state index in [2.05, 4.69) is 44.6 Å². The van der Waals surface area contributed by atoms with E-state index in [1.807, 2.05) is 13.1 Å². The van der Waals surface area contributed by atoms with Gasteiger partial charge in [-0.3, -0.25) is 10.4 Å². The summed E-state index contributed by atoms with van der Waals surface area (Å²) < 4.78 is 0. The Hall–Kier alpha value is -2.23. The Morgan fingerprint density at radius 1 is 1.33 bits per heavy atom. The van der Waals surface area contributed by atoms with Crippen molar-refractivity contribution in [1.82, 2.24) is 25.5 Å². The number of nitrogens with two attached hydrogens (primary N) is 2. The van der Waals surface area contributed by atoms with Crippen molar-refractivity contribution < 1.29 is 0 Å². The molecule has 0 aromatic carbocycles. The minimum atomic E-state index is -0.143. The molecule has 7 N–H and O–H groups in total. The molecule has 2 unspecified atom stereocenters. The fourth-order valence-electron chi connectivity index (χ4n) is 3.72. The fraction of sp³-hybridized carbons (Fsp3) is 0.611. The average Bonchev–Trinajstić information content (AvgIpc) is 3.01. The van der Waals surface area contributed by atoms with E-state index in [1.54, 1.807) is 0 Å². The molecule has 2 aliphatic heterocycles. The third-order valence-electron chi connectivity index (χ3n) is 5.67. The van der Waals surface area contributed by atoms with Gasteiger partial charge in [-0.15, -0.1) is 0 Å². The lowest BCUT2D eigenvalue weighted by Gasteiger charge is -2.37. The van der Waals surface area contributed by atoms with Crippen molar-refractivity contribution in [1.29, 1.82) is 0 Å². The number of aromatic amines is 1. The van der Waals surface area contributed by atoms with Gasteiger partial charge < -0.3 is 21.7 Å². The summed E-state index contributed by atoms with van der Waals surface area (Å²) in [6.45, 7) is 8.04. The molecule has 2 aliphatic rings. The Bertz CT molecular complexity index is 859. The first-order valence-electron chi connectivity index (χ1n) is 9.56. The molecule has 1 saturated heterocycles. The van der Waals surface area contributed by atoms with Crippen LogP contribution < -0.4 is 27.0 Å². The average molecular weight is 371 g/mol. The molecule has 4 heterocycles. The second kappa shape index (κ2) is 6.74. The van der Waals surface area contributed by atoms with Gasteiger partial charge in [0, 0.05) is 36.8 Å². The van der Waals surface area contributed by atoms with Gasteiger partial charge in [0.05, 0.1) is 12.4 Å². The highest BCUT2D eigenvalue weighted by atomic mass is 15.3. The molecule has 2 atom stereocenters. The third kappa shape index (κ3) is 3.62. The summed E-state index contributed by atoms with van der Waals surface area (Å²) in [5.74, 6) is 1.61. The smallest absolute Gasteiger partial charge is 0.203 e. The second-order valence-electron chi connectivity index (χ2n) is 8.18. The maximum atomic E-state index is 6.23. The van der Waals surface area contributed by atoms with Gasteiger partial charge in [-0.1, -0.05) is 0 Å². The summed E-state index contributed by atoms with van der Waals surface area (Å²) in [5.41, 5.74) is 15.8. The molecule has 2 aromatic rings. The van der Waals surface area contributed by atoms with Crippen molar-refractivity contribution in [2.24, 2.45) is 11.5 Å². The highest BCUT2D eigenvalue weighted by Gasteiger charge is 2.27. The number of piperidine rings is 1. The number of fused-ring (bicyclic) bond motifs is 1. The number of H-pyrrole nitrogens is 1. The van der Waals surface area contributed by atoms with Crippen LogP contribution in [0.1, 0.15) is 40.0 Å². The summed E-state index contributed by atoms with van der Waals surface area (Å²) in [5, 5.41) is 14.2. The Kier molecular flexibility index (Phi) is 4.53. The molecule has 0 radical (unpaired) electrons. The van der Waals surface area contributed by atoms with Gasteiger partial charge in [0.1, 0.15) is 5.82 Å². The van der Waals surface area contributed by atoms with Crippen LogP contribution in [0.4, 0.5) is 11.6 Å². The van der Waals surface area contributed by atoms with E-state index < -0.39 is 0 Å². The number of nitrogens with one attached hydrogen (secondary N) is 3. The van der Waals surface area contributed by atoms with Crippen molar-refractivity contribution in [3.63, 3.8) is 0 Å². The van der Waals surface area contributed by atoms with Gasteiger partial charge in [0.25, 0.3) is 0 Å². The van der Waals surface area contributed by atoms with Gasteiger partial charge in [-0.25, -0.2) is 9.97 Å². The number of rotatable bonds is 3. The fourth-order valence-corrected chi connectivity index (χ4v) is 3.72. The third-order valence-corrected chi connectivity index (χ3v) is 5.67. The Morgan fingerprint density at radius 2 is 2.07 bits per heavy atom. The summed E-state index contributed by atoms with van der Waals surface area (Å²) in [7, 11) is 0. The highest BCUT2D eigenvalue weighted by molar-refractivity contribution is 5.84. The monoisotopic (exact) mass is 371 g/mol. The molecular weight excluding hydrogens is 342 g/mol. The van der Waals surface area contributed by atoms with Crippen LogP contribution >= 0.6 is 0 Å². The zero-order valence-corrected chi connectivity index (χ0v) is 16.2. The molecule has 146 valence electrons. The largest absolute Gasteiger partial charge is 0.355 e. The summed E-state index contributed by atoms with van der Waals surface area (Å²) in [6.07, 6.45) is 4.44. The number of hydrogen-bond acceptors (Lipinski definition) is 8. The van der Waals surface area contributed by atoms with Crippen molar-refractivity contribution in [2.45, 2.75) is 57.8 Å². The maximum absolute atomic E-state index is 6.23. The first-order chi connectivity index (χ1) is 12.8. The molecule has 2 aromatic heterocycles. The van der Waals surface area contributed by atoms with E-state index in [4.69, 9.17) is 16.5 Å². The number of aromatic nitrogens is 4. The van der Waals surface area contributed by atoms with Crippen LogP contribution in [-0.4, -0.2) is 51.0 Å². The summed E-state index contributed by atoms with van der Waals surface area (Å²) in [4.78, 5) is 11.5. The van der Waals surface area contributed by atoms with Crippen molar-refractivity contribution in [2.75, 3.05) is 23.3 Å². The van der Waals surface area contributed by atoms with Crippen LogP contribution in [0.25, 0.3) is 11.2 Å². The Labute approximate surface area is 159 Å². The second-order valence-corrected chi connectivity index (χ2v) is 8.18. The van der Waals surface area contributed by atoms with Gasteiger partial charge in [-0.2, -0.15) is 5.10 Å². The quantitative estimate of drug-likeness (QED) is 0.540. The molecule has 27 heavy (non-hydrogen) atoms. The van der Waals surface area contributed by atoms with Gasteiger partial charge in [-0.05, 0) is 39.2 Å². The van der Waals surface area contributed by atoms with Crippen LogP contribution in [0, 0.1) is 0 Å². The van der Waals surface area contributed by atoms with E-state index in [0.717, 1.165) is 60.8 Å². The van der Waals surface area contributed by atoms with Crippen LogP contribution in [0.3, 0.4) is 0 Å². The lowest BCUT2D eigenvalue weighted by Crippen LogP contribution is -2.48. The van der Waals surface area contributed by atoms with Crippen LogP contribution in [0.15, 0.2) is 17.5 Å². The number of nitrogens with zero attached hydrogens (tertiary/aromatic N) is 4. The van der Waals surface area contributed by atoms with E-state index in [0.29, 0.717) is 11.7 Å². The molecule has 0 saturated carbocycles. The topological polar surface area (TPSA) is 134 Å². The molecule has 4 rings (SSSR count). The zero-order valence-electron chi connectivity index (χ0n) is 16.2. The van der Waals surface area contributed by atoms with Crippen LogP contribution in [0.5, 0.6) is 0 Å². The molecule has 9 nitrogen and oxygen atoms in total. The summed E-state index contributed by atoms with van der Waals surface area (Å²) in [6, 6.07) is 0.311. The lowest BCUT2D eigenvalue weighted by molar-refractivity contribution is 0.363. The minimum Gasteiger partial charge on any atom is -0.355 e. The van der Waals surface area contributed by atoms with Gasteiger partial charge >= 0.3 is 0 Å². The molecule has 0 bridgehead atoms. The number of anilines is 2. The lowest BCUT2D eigenvalue weighted by atomic mass is 9.91. The first kappa shape index (κ1) is 18.1. The molecule has 1 fully saturated rings. The molecule has 9 heteroatoms. The predicted molar refractivity (Wildman–Crippen MR) is 107 cm³/mol. The van der Waals surface area contributed by atoms with E-state index in [9.17, 15) is 0 Å². The standard InChI is InChI=1S/C18H29N9/c1-10-8-12(11(2)15(19)22-10)23-16-14-17(26-25-16)24-13(9-21-14)27-6-4-18(3,20)5-7-27/h9-10,15,22H,4-8,19-20H2,1-3H3,(H2,23,24,25,26). The Balaban J connectivity index is 1.56. The van der Waals surface area contributed by atoms with Crippen LogP contribution in [0.2, 0.25) is 0 Å². The van der Waals surface area contributed by atoms with Crippen molar-refractivity contribution in [3.05, 3.63) is 17.5 Å². The Morgan fingerprint density at radius 3 is 2.81 bits per heavy atom. The maximum Gasteiger partial charge on any atom is 0.203 e. The molecule has 0 amide bonds. The molecule has 0 aliphatic carbocycles. The summed E-state index contributed by atoms with van der Waals surface area (Å²) >= 11 is 0. The SMILES string of the molecule is CC1=C(Nc2[nH]nc3nc(N4CCC(C)(N)CC4)cnc23)CC(C)NC1N. The molecular formula is C18H29N9. The number of hydrogen-bond donors (Lipinski definition) is 5. The van der Waals surface area contributed by atoms with Crippen molar-refractivity contribution >= 4 is 22.8 Å². The van der Waals surface area contributed by atoms with Gasteiger partial charge in [0.15, 0.2) is 11.3 Å². The normalized spacial score (nSPS) is 25.9. The zero-order chi connectivity index (χ0) is 19.2. The predicted octanol–water partition coefficient (Wildman–Crippen LogP) is 1.02. The van der Waals surface area contributed by atoms with E-state index >= 15 is 0 Å². The van der Waals surface area contributed by atoms with E-state index in [1.165, 1.54) is 0 Å².